The number of nitrogens with one attached hydrogen (secondary N) is 1. The molecule has 13 heteroatoms. The predicted octanol–water partition coefficient (Wildman–Crippen LogP) is 4.48. The zero-order chi connectivity index (χ0) is 26.1. The highest BCUT2D eigenvalue weighted by Gasteiger charge is 2.40. The Morgan fingerprint density at radius 1 is 1.23 bits per heavy atom. The van der Waals surface area contributed by atoms with Crippen molar-refractivity contribution in [1.29, 1.82) is 5.26 Å². The molecule has 0 saturated heterocycles. The molecule has 0 radical (unpaired) electrons. The van der Waals surface area contributed by atoms with Crippen molar-refractivity contribution in [3.05, 3.63) is 64.5 Å². The number of rotatable bonds is 6. The predicted molar refractivity (Wildman–Crippen MR) is 112 cm³/mol. The lowest BCUT2D eigenvalue weighted by Gasteiger charge is -2.17. The van der Waals surface area contributed by atoms with E-state index in [-0.39, 0.29) is 16.9 Å². The molecule has 2 aromatic carbocycles. The number of nitrogens with two attached hydrogens (primary N) is 1. The van der Waals surface area contributed by atoms with Crippen molar-refractivity contribution < 1.29 is 35.9 Å². The van der Waals surface area contributed by atoms with E-state index in [9.17, 15) is 36.4 Å². The number of ether oxygens (including phenoxy) is 1. The Balaban J connectivity index is 1.92. The van der Waals surface area contributed by atoms with Crippen molar-refractivity contribution in [1.82, 2.24) is 15.1 Å². The van der Waals surface area contributed by atoms with E-state index in [0.29, 0.717) is 4.68 Å². The molecule has 1 amide bonds. The fourth-order valence-electron chi connectivity index (χ4n) is 3.22. The largest absolute Gasteiger partial charge is 0.496 e. The van der Waals surface area contributed by atoms with E-state index in [1.54, 1.807) is 6.07 Å². The van der Waals surface area contributed by atoms with Crippen LogP contribution in [0.3, 0.4) is 0 Å². The van der Waals surface area contributed by atoms with Crippen molar-refractivity contribution >= 4 is 11.7 Å². The molecule has 0 saturated carbocycles. The molecule has 1 unspecified atom stereocenters. The zero-order valence-electron chi connectivity index (χ0n) is 18.2. The lowest BCUT2D eigenvalue weighted by Crippen LogP contribution is -2.25. The lowest BCUT2D eigenvalue weighted by atomic mass is 10.0. The Morgan fingerprint density at radius 2 is 1.91 bits per heavy atom. The number of hydrogen-bond acceptors (Lipinski definition) is 5. The highest BCUT2D eigenvalue weighted by Crippen LogP contribution is 2.36. The minimum absolute atomic E-state index is 0.0520. The Hall–Kier alpha value is -4.21. The molecule has 0 aliphatic rings. The van der Waals surface area contributed by atoms with E-state index in [1.807, 2.05) is 0 Å². The summed E-state index contributed by atoms with van der Waals surface area (Å²) in [4.78, 5) is 12.4. The van der Waals surface area contributed by atoms with Crippen molar-refractivity contribution in [3.63, 3.8) is 0 Å². The summed E-state index contributed by atoms with van der Waals surface area (Å²) in [5, 5.41) is 15.2. The second-order valence-electron chi connectivity index (χ2n) is 7.31. The molecule has 1 atom stereocenters. The summed E-state index contributed by atoms with van der Waals surface area (Å²) in [7, 11) is 1.26. The molecule has 0 spiro atoms. The number of nitrogens with zero attached hydrogens (tertiary/aromatic N) is 3. The number of carbonyl (C=O) groups is 1. The van der Waals surface area contributed by atoms with Crippen LogP contribution >= 0.6 is 0 Å². The van der Waals surface area contributed by atoms with Crippen LogP contribution in [0.15, 0.2) is 30.3 Å². The lowest BCUT2D eigenvalue weighted by molar-refractivity contribution is -0.164. The highest BCUT2D eigenvalue weighted by atomic mass is 19.4. The molecule has 0 bridgehead atoms. The molecule has 3 N–H and O–H groups in total. The number of halogens is 6. The van der Waals surface area contributed by atoms with Gasteiger partial charge < -0.3 is 15.8 Å². The number of hydrogen-bond donors (Lipinski definition) is 2. The number of nitriles is 1. The first kappa shape index (κ1) is 25.4. The van der Waals surface area contributed by atoms with Gasteiger partial charge in [0.05, 0.1) is 12.7 Å². The van der Waals surface area contributed by atoms with E-state index in [4.69, 9.17) is 10.5 Å². The molecule has 7 nitrogen and oxygen atoms in total. The number of methoxy groups -OCH3 is 1. The van der Waals surface area contributed by atoms with Gasteiger partial charge in [-0.25, -0.2) is 17.9 Å². The van der Waals surface area contributed by atoms with Crippen LogP contribution < -0.4 is 15.8 Å². The summed E-state index contributed by atoms with van der Waals surface area (Å²) in [5.74, 6) is -5.10. The standard InChI is InChI=1S/C22H17F6N5O2/c1-10(22(26,27)28)33-20(30)15(8-29)19(32-33)13-5-3-11(17(24)18(13)25)9-31-21(34)14-7-12(23)4-6-16(14)35-2/h3-7,10H,9,30H2,1-2H3,(H,31,34). The monoisotopic (exact) mass is 497 g/mol. The molecule has 1 aromatic heterocycles. The third-order valence-corrected chi connectivity index (χ3v) is 5.16. The molecule has 35 heavy (non-hydrogen) atoms. The van der Waals surface area contributed by atoms with Gasteiger partial charge in [-0.2, -0.15) is 23.5 Å². The van der Waals surface area contributed by atoms with E-state index >= 15 is 0 Å². The van der Waals surface area contributed by atoms with Gasteiger partial charge in [-0.15, -0.1) is 0 Å². The van der Waals surface area contributed by atoms with Gasteiger partial charge in [0.25, 0.3) is 5.91 Å². The van der Waals surface area contributed by atoms with Crippen molar-refractivity contribution in [2.24, 2.45) is 0 Å². The first-order valence-electron chi connectivity index (χ1n) is 9.84. The quantitative estimate of drug-likeness (QED) is 0.489. The van der Waals surface area contributed by atoms with Gasteiger partial charge in [-0.05, 0) is 31.2 Å². The van der Waals surface area contributed by atoms with Gasteiger partial charge in [-0.1, -0.05) is 6.07 Å². The second kappa shape index (κ2) is 9.57. The van der Waals surface area contributed by atoms with Crippen molar-refractivity contribution in [2.75, 3.05) is 12.8 Å². The van der Waals surface area contributed by atoms with E-state index in [2.05, 4.69) is 10.4 Å². The molecular formula is C22H17F6N5O2. The van der Waals surface area contributed by atoms with Gasteiger partial charge in [-0.3, -0.25) is 4.79 Å². The summed E-state index contributed by atoms with van der Waals surface area (Å²) >= 11 is 0. The first-order valence-corrected chi connectivity index (χ1v) is 9.84. The van der Waals surface area contributed by atoms with Crippen LogP contribution in [0.25, 0.3) is 11.3 Å². The average molecular weight is 497 g/mol. The number of carbonyl (C=O) groups excluding carboxylic acids is 1. The van der Waals surface area contributed by atoms with E-state index in [1.165, 1.54) is 13.2 Å². The van der Waals surface area contributed by atoms with Crippen LogP contribution in [0.2, 0.25) is 0 Å². The van der Waals surface area contributed by atoms with Crippen LogP contribution in [-0.4, -0.2) is 29.0 Å². The maximum atomic E-state index is 14.9. The number of amides is 1. The number of nitrogen functional groups attached to an aromatic ring is 1. The Morgan fingerprint density at radius 3 is 2.51 bits per heavy atom. The summed E-state index contributed by atoms with van der Waals surface area (Å²) in [6.07, 6.45) is -4.76. The van der Waals surface area contributed by atoms with Crippen LogP contribution in [0.5, 0.6) is 5.75 Å². The molecule has 0 aliphatic carbocycles. The molecule has 3 aromatic rings. The Labute approximate surface area is 194 Å². The molecule has 3 rings (SSSR count). The Bertz CT molecular complexity index is 1330. The smallest absolute Gasteiger partial charge is 0.410 e. The second-order valence-corrected chi connectivity index (χ2v) is 7.31. The number of anilines is 1. The zero-order valence-corrected chi connectivity index (χ0v) is 18.2. The molecule has 184 valence electrons. The topological polar surface area (TPSA) is 106 Å². The van der Waals surface area contributed by atoms with Gasteiger partial charge in [0.1, 0.15) is 40.8 Å². The minimum atomic E-state index is -4.76. The van der Waals surface area contributed by atoms with Crippen LogP contribution in [-0.2, 0) is 6.54 Å². The van der Waals surface area contributed by atoms with Crippen LogP contribution in [0.4, 0.5) is 32.2 Å². The molecule has 1 heterocycles. The van der Waals surface area contributed by atoms with Crippen molar-refractivity contribution in [3.8, 4) is 23.1 Å². The molecular weight excluding hydrogens is 480 g/mol. The van der Waals surface area contributed by atoms with Gasteiger partial charge >= 0.3 is 6.18 Å². The number of alkyl halides is 3. The summed E-state index contributed by atoms with van der Waals surface area (Å²) in [5.41, 5.74) is 3.38. The van der Waals surface area contributed by atoms with E-state index in [0.717, 1.165) is 31.2 Å². The maximum Gasteiger partial charge on any atom is 0.410 e. The normalized spacial score (nSPS) is 12.2. The fraction of sp³-hybridized carbons (Fsp3) is 0.227. The third kappa shape index (κ3) is 4.86. The maximum absolute atomic E-state index is 14.9. The van der Waals surface area contributed by atoms with Crippen LogP contribution in [0.1, 0.15) is 34.5 Å². The molecule has 0 fully saturated rings. The summed E-state index contributed by atoms with van der Waals surface area (Å²) in [6.45, 7) is 0.221. The van der Waals surface area contributed by atoms with Gasteiger partial charge in [0, 0.05) is 17.7 Å². The van der Waals surface area contributed by atoms with Gasteiger partial charge in [0.2, 0.25) is 0 Å². The fourth-order valence-corrected chi connectivity index (χ4v) is 3.22. The highest BCUT2D eigenvalue weighted by molar-refractivity contribution is 5.96. The third-order valence-electron chi connectivity index (χ3n) is 5.16. The minimum Gasteiger partial charge on any atom is -0.496 e. The average Bonchev–Trinajstić information content (AvgIpc) is 3.14. The summed E-state index contributed by atoms with van der Waals surface area (Å²) < 4.78 is 87.7. The molecule has 0 aliphatic heterocycles. The Kier molecular flexibility index (Phi) is 6.95. The van der Waals surface area contributed by atoms with Crippen molar-refractivity contribution in [2.45, 2.75) is 25.7 Å². The van der Waals surface area contributed by atoms with E-state index < -0.39 is 64.8 Å². The van der Waals surface area contributed by atoms with Gasteiger partial charge in [0.15, 0.2) is 11.6 Å². The SMILES string of the molecule is COc1ccc(F)cc1C(=O)NCc1ccc(-c2nn(C(C)C(F)(F)F)c(N)c2C#N)c(F)c1F. The number of aromatic nitrogens is 2. The van der Waals surface area contributed by atoms with Crippen LogP contribution in [0, 0.1) is 28.8 Å². The summed E-state index contributed by atoms with van der Waals surface area (Å²) in [6, 6.07) is 4.57. The first-order chi connectivity index (χ1) is 16.4. The number of benzene rings is 2.